The van der Waals surface area contributed by atoms with Gasteiger partial charge in [0.25, 0.3) is 5.91 Å². The molecule has 3 rings (SSSR count). The van der Waals surface area contributed by atoms with Crippen molar-refractivity contribution in [1.82, 2.24) is 9.62 Å². The Morgan fingerprint density at radius 3 is 2.66 bits per heavy atom. The molecule has 8 heteroatoms. The van der Waals surface area contributed by atoms with Crippen LogP contribution in [0.2, 0.25) is 0 Å². The number of carbonyl (C=O) groups is 1. The highest BCUT2D eigenvalue weighted by molar-refractivity contribution is 7.89. The van der Waals surface area contributed by atoms with Crippen molar-refractivity contribution in [2.45, 2.75) is 44.6 Å². The average molecular weight is 437 g/mol. The first kappa shape index (κ1) is 21.8. The van der Waals surface area contributed by atoms with Gasteiger partial charge in [0.2, 0.25) is 10.0 Å². The second-order valence-corrected chi connectivity index (χ2v) is 10.4. The van der Waals surface area contributed by atoms with E-state index in [4.69, 9.17) is 4.74 Å². The maximum Gasteiger partial charge on any atom is 0.263 e. The number of sulfonamides is 1. The van der Waals surface area contributed by atoms with Crippen molar-refractivity contribution in [1.29, 1.82) is 0 Å². The molecule has 0 atom stereocenters. The maximum atomic E-state index is 12.9. The zero-order valence-electron chi connectivity index (χ0n) is 16.9. The number of thiophene rings is 1. The Hall–Kier alpha value is -1.90. The minimum Gasteiger partial charge on any atom is -0.493 e. The normalized spacial score (nSPS) is 15.0. The lowest BCUT2D eigenvalue weighted by molar-refractivity contribution is 0.0951. The molecule has 0 radical (unpaired) electrons. The molecule has 0 unspecified atom stereocenters. The predicted molar refractivity (Wildman–Crippen MR) is 115 cm³/mol. The van der Waals surface area contributed by atoms with Crippen molar-refractivity contribution in [3.63, 3.8) is 0 Å². The third-order valence-electron chi connectivity index (χ3n) is 4.88. The van der Waals surface area contributed by atoms with Gasteiger partial charge in [-0.2, -0.15) is 4.31 Å². The standard InChI is InChI=1S/C21H28N2O4S2/c1-16(2)9-13-27-18-8-4-3-7-17(18)15-22-21(24)20-19(10-14-28-20)29(25,26)23-11-5-6-12-23/h3-4,7-8,10,14,16H,5-6,9,11-13,15H2,1-2H3,(H,22,24). The Morgan fingerprint density at radius 1 is 1.21 bits per heavy atom. The Kier molecular flexibility index (Phi) is 7.32. The predicted octanol–water partition coefficient (Wildman–Crippen LogP) is 3.89. The molecule has 0 saturated carbocycles. The Labute approximate surface area is 176 Å². The number of amides is 1. The molecule has 1 saturated heterocycles. The van der Waals surface area contributed by atoms with Crippen LogP contribution in [0.4, 0.5) is 0 Å². The maximum absolute atomic E-state index is 12.9. The average Bonchev–Trinajstić information content (AvgIpc) is 3.39. The molecule has 1 aliphatic rings. The van der Waals surface area contributed by atoms with Crippen LogP contribution in [0.25, 0.3) is 0 Å². The van der Waals surface area contributed by atoms with Gasteiger partial charge in [-0.25, -0.2) is 8.42 Å². The lowest BCUT2D eigenvalue weighted by atomic mass is 10.1. The van der Waals surface area contributed by atoms with E-state index in [1.807, 2.05) is 24.3 Å². The summed E-state index contributed by atoms with van der Waals surface area (Å²) in [6, 6.07) is 9.11. The minimum absolute atomic E-state index is 0.100. The van der Waals surface area contributed by atoms with Crippen LogP contribution in [0.15, 0.2) is 40.6 Å². The summed E-state index contributed by atoms with van der Waals surface area (Å²) in [5.41, 5.74) is 0.866. The van der Waals surface area contributed by atoms with Crippen molar-refractivity contribution in [2.75, 3.05) is 19.7 Å². The summed E-state index contributed by atoms with van der Waals surface area (Å²) < 4.78 is 33.0. The van der Waals surface area contributed by atoms with Crippen LogP contribution < -0.4 is 10.1 Å². The Bertz CT molecular complexity index is 932. The minimum atomic E-state index is -3.62. The summed E-state index contributed by atoms with van der Waals surface area (Å²) in [5.74, 6) is 0.913. The smallest absolute Gasteiger partial charge is 0.263 e. The summed E-state index contributed by atoms with van der Waals surface area (Å²) in [6.07, 6.45) is 2.67. The van der Waals surface area contributed by atoms with Crippen molar-refractivity contribution in [3.05, 3.63) is 46.2 Å². The molecular weight excluding hydrogens is 408 g/mol. The molecule has 1 aliphatic heterocycles. The molecule has 2 aromatic rings. The highest BCUT2D eigenvalue weighted by Crippen LogP contribution is 2.28. The number of hydrogen-bond acceptors (Lipinski definition) is 5. The first-order valence-corrected chi connectivity index (χ1v) is 12.3. The van der Waals surface area contributed by atoms with Gasteiger partial charge in [-0.1, -0.05) is 32.0 Å². The number of benzene rings is 1. The van der Waals surface area contributed by atoms with E-state index in [1.165, 1.54) is 10.4 Å². The summed E-state index contributed by atoms with van der Waals surface area (Å²) in [7, 11) is -3.62. The Morgan fingerprint density at radius 2 is 1.93 bits per heavy atom. The molecule has 0 aliphatic carbocycles. The van der Waals surface area contributed by atoms with Crippen LogP contribution in [-0.2, 0) is 16.6 Å². The topological polar surface area (TPSA) is 75.7 Å². The van der Waals surface area contributed by atoms with Gasteiger partial charge in [-0.3, -0.25) is 4.79 Å². The Balaban J connectivity index is 1.68. The highest BCUT2D eigenvalue weighted by Gasteiger charge is 2.31. The molecule has 1 aromatic heterocycles. The van der Waals surface area contributed by atoms with Crippen LogP contribution in [-0.4, -0.2) is 38.3 Å². The molecule has 1 fully saturated rings. The fourth-order valence-corrected chi connectivity index (χ4v) is 6.02. The molecule has 6 nitrogen and oxygen atoms in total. The number of nitrogens with zero attached hydrogens (tertiary/aromatic N) is 1. The third-order valence-corrected chi connectivity index (χ3v) is 7.87. The second kappa shape index (κ2) is 9.73. The molecule has 29 heavy (non-hydrogen) atoms. The molecule has 0 bridgehead atoms. The van der Waals surface area contributed by atoms with Gasteiger partial charge in [0.05, 0.1) is 6.61 Å². The van der Waals surface area contributed by atoms with Crippen molar-refractivity contribution in [3.8, 4) is 5.75 Å². The fraction of sp³-hybridized carbons (Fsp3) is 0.476. The lowest BCUT2D eigenvalue weighted by Crippen LogP contribution is -2.30. The third kappa shape index (κ3) is 5.38. The monoisotopic (exact) mass is 436 g/mol. The SMILES string of the molecule is CC(C)CCOc1ccccc1CNC(=O)c1sccc1S(=O)(=O)N1CCCC1. The van der Waals surface area contributed by atoms with E-state index in [-0.39, 0.29) is 22.2 Å². The van der Waals surface area contributed by atoms with Gasteiger partial charge >= 0.3 is 0 Å². The van der Waals surface area contributed by atoms with E-state index >= 15 is 0 Å². The van der Waals surface area contributed by atoms with Gasteiger partial charge in [-0.05, 0) is 42.7 Å². The van der Waals surface area contributed by atoms with Crippen LogP contribution in [0.3, 0.4) is 0 Å². The van der Waals surface area contributed by atoms with Crippen LogP contribution in [0.1, 0.15) is 48.3 Å². The van der Waals surface area contributed by atoms with E-state index < -0.39 is 10.0 Å². The zero-order chi connectivity index (χ0) is 20.9. The van der Waals surface area contributed by atoms with E-state index in [0.717, 1.165) is 41.9 Å². The highest BCUT2D eigenvalue weighted by atomic mass is 32.2. The van der Waals surface area contributed by atoms with E-state index in [9.17, 15) is 13.2 Å². The number of carbonyl (C=O) groups excluding carboxylic acids is 1. The van der Waals surface area contributed by atoms with Gasteiger partial charge in [0.1, 0.15) is 15.5 Å². The van der Waals surface area contributed by atoms with Crippen molar-refractivity contribution < 1.29 is 17.9 Å². The van der Waals surface area contributed by atoms with Gasteiger partial charge < -0.3 is 10.1 Å². The first-order chi connectivity index (χ1) is 13.9. The number of hydrogen-bond donors (Lipinski definition) is 1. The van der Waals surface area contributed by atoms with Crippen molar-refractivity contribution in [2.24, 2.45) is 5.92 Å². The van der Waals surface area contributed by atoms with E-state index in [1.54, 1.807) is 5.38 Å². The second-order valence-electron chi connectivity index (χ2n) is 7.55. The summed E-state index contributed by atoms with van der Waals surface area (Å²) >= 11 is 1.15. The zero-order valence-corrected chi connectivity index (χ0v) is 18.5. The molecule has 0 spiro atoms. The summed E-state index contributed by atoms with van der Waals surface area (Å²) in [5, 5.41) is 4.51. The van der Waals surface area contributed by atoms with Gasteiger partial charge in [-0.15, -0.1) is 11.3 Å². The van der Waals surface area contributed by atoms with Crippen LogP contribution in [0, 0.1) is 5.92 Å². The van der Waals surface area contributed by atoms with Crippen LogP contribution in [0.5, 0.6) is 5.75 Å². The molecule has 2 heterocycles. The summed E-state index contributed by atoms with van der Waals surface area (Å²) in [4.78, 5) is 13.1. The van der Waals surface area contributed by atoms with E-state index in [2.05, 4.69) is 19.2 Å². The number of ether oxygens (including phenoxy) is 1. The molecule has 1 N–H and O–H groups in total. The van der Waals surface area contributed by atoms with Gasteiger partial charge in [0, 0.05) is 25.2 Å². The first-order valence-electron chi connectivity index (χ1n) is 9.96. The fourth-order valence-electron chi connectivity index (χ4n) is 3.18. The van der Waals surface area contributed by atoms with Gasteiger partial charge in [0.15, 0.2) is 0 Å². The van der Waals surface area contributed by atoms with Crippen molar-refractivity contribution >= 4 is 27.3 Å². The molecule has 1 aromatic carbocycles. The number of para-hydroxylation sites is 1. The quantitative estimate of drug-likeness (QED) is 0.647. The van der Waals surface area contributed by atoms with E-state index in [0.29, 0.717) is 25.6 Å². The molecule has 1 amide bonds. The number of nitrogens with one attached hydrogen (secondary N) is 1. The largest absolute Gasteiger partial charge is 0.493 e. The number of rotatable bonds is 9. The summed E-state index contributed by atoms with van der Waals surface area (Å²) in [6.45, 7) is 6.21. The molecular formula is C21H28N2O4S2. The van der Waals surface area contributed by atoms with Crippen LogP contribution >= 0.6 is 11.3 Å². The molecule has 158 valence electrons. The lowest BCUT2D eigenvalue weighted by Gasteiger charge is -2.16.